The second kappa shape index (κ2) is 5.27. The van der Waals surface area contributed by atoms with Crippen molar-refractivity contribution in [1.82, 2.24) is 0 Å². The number of rotatable bonds is 4. The van der Waals surface area contributed by atoms with Crippen molar-refractivity contribution in [2.45, 2.75) is 25.5 Å². The lowest BCUT2D eigenvalue weighted by molar-refractivity contribution is 0.121. The summed E-state index contributed by atoms with van der Waals surface area (Å²) in [5.41, 5.74) is 1.00. The van der Waals surface area contributed by atoms with Crippen molar-refractivity contribution in [1.29, 1.82) is 0 Å². The molecule has 1 N–H and O–H groups in total. The molecule has 1 fully saturated rings. The van der Waals surface area contributed by atoms with Crippen molar-refractivity contribution in [2.24, 2.45) is 0 Å². The molecule has 0 spiro atoms. The summed E-state index contributed by atoms with van der Waals surface area (Å²) in [6.45, 7) is 2.90. The minimum absolute atomic E-state index is 0.243. The molecule has 1 aromatic carbocycles. The molecule has 1 aromatic rings. The fourth-order valence-corrected chi connectivity index (χ4v) is 2.03. The van der Waals surface area contributed by atoms with Gasteiger partial charge in [-0.15, -0.1) is 0 Å². The Morgan fingerprint density at radius 1 is 1.18 bits per heavy atom. The maximum absolute atomic E-state index is 5.53. The van der Waals surface area contributed by atoms with E-state index in [4.69, 9.17) is 14.2 Å². The Morgan fingerprint density at radius 2 is 1.82 bits per heavy atom. The summed E-state index contributed by atoms with van der Waals surface area (Å²) in [4.78, 5) is 0. The van der Waals surface area contributed by atoms with E-state index in [9.17, 15) is 0 Å². The SMILES string of the molecule is COc1cc(NC2CCOC2C)cc(OC)c1. The highest BCUT2D eigenvalue weighted by molar-refractivity contribution is 5.54. The van der Waals surface area contributed by atoms with E-state index in [0.717, 1.165) is 30.2 Å². The van der Waals surface area contributed by atoms with Gasteiger partial charge in [-0.1, -0.05) is 0 Å². The van der Waals surface area contributed by atoms with E-state index in [1.165, 1.54) is 0 Å². The van der Waals surface area contributed by atoms with Gasteiger partial charge in [-0.3, -0.25) is 0 Å². The maximum atomic E-state index is 5.53. The zero-order valence-corrected chi connectivity index (χ0v) is 10.5. The summed E-state index contributed by atoms with van der Waals surface area (Å²) in [6, 6.07) is 6.15. The Hall–Kier alpha value is -1.42. The van der Waals surface area contributed by atoms with Gasteiger partial charge in [0.05, 0.1) is 26.4 Å². The summed E-state index contributed by atoms with van der Waals surface area (Å²) in [5.74, 6) is 1.58. The van der Waals surface area contributed by atoms with Crippen LogP contribution >= 0.6 is 0 Å². The normalized spacial score (nSPS) is 23.5. The molecule has 2 rings (SSSR count). The minimum atomic E-state index is 0.243. The molecule has 0 amide bonds. The molecule has 17 heavy (non-hydrogen) atoms. The lowest BCUT2D eigenvalue weighted by Gasteiger charge is -2.18. The summed E-state index contributed by atoms with van der Waals surface area (Å²) >= 11 is 0. The van der Waals surface area contributed by atoms with Crippen LogP contribution in [0.3, 0.4) is 0 Å². The lowest BCUT2D eigenvalue weighted by Crippen LogP contribution is -2.26. The first-order valence-corrected chi connectivity index (χ1v) is 5.84. The molecular weight excluding hydrogens is 218 g/mol. The number of ether oxygens (including phenoxy) is 3. The first kappa shape index (κ1) is 12.0. The van der Waals surface area contributed by atoms with Crippen LogP contribution in [0.25, 0.3) is 0 Å². The van der Waals surface area contributed by atoms with Crippen LogP contribution in [0.15, 0.2) is 18.2 Å². The molecule has 1 aliphatic rings. The Bertz CT molecular complexity index is 359. The molecular formula is C13H19NO3. The second-order valence-electron chi connectivity index (χ2n) is 4.22. The largest absolute Gasteiger partial charge is 0.497 e. The fraction of sp³-hybridized carbons (Fsp3) is 0.538. The van der Waals surface area contributed by atoms with Crippen molar-refractivity contribution in [3.8, 4) is 11.5 Å². The molecule has 2 atom stereocenters. The van der Waals surface area contributed by atoms with Gasteiger partial charge in [-0.2, -0.15) is 0 Å². The quantitative estimate of drug-likeness (QED) is 0.872. The smallest absolute Gasteiger partial charge is 0.124 e. The highest BCUT2D eigenvalue weighted by Gasteiger charge is 2.24. The van der Waals surface area contributed by atoms with Crippen LogP contribution in [-0.2, 0) is 4.74 Å². The fourth-order valence-electron chi connectivity index (χ4n) is 2.03. The van der Waals surface area contributed by atoms with Crippen LogP contribution in [-0.4, -0.2) is 33.0 Å². The summed E-state index contributed by atoms with van der Waals surface area (Å²) in [7, 11) is 3.31. The van der Waals surface area contributed by atoms with Gasteiger partial charge in [-0.25, -0.2) is 0 Å². The van der Waals surface area contributed by atoms with Crippen molar-refractivity contribution < 1.29 is 14.2 Å². The van der Waals surface area contributed by atoms with Crippen molar-refractivity contribution in [3.05, 3.63) is 18.2 Å². The second-order valence-corrected chi connectivity index (χ2v) is 4.22. The summed E-state index contributed by atoms with van der Waals surface area (Å²) in [5, 5.41) is 3.46. The summed E-state index contributed by atoms with van der Waals surface area (Å²) < 4.78 is 16.0. The molecule has 4 nitrogen and oxygen atoms in total. The monoisotopic (exact) mass is 237 g/mol. The first-order chi connectivity index (χ1) is 8.22. The van der Waals surface area contributed by atoms with E-state index in [1.54, 1.807) is 14.2 Å². The van der Waals surface area contributed by atoms with Gasteiger partial charge in [0.15, 0.2) is 0 Å². The Kier molecular flexibility index (Phi) is 3.74. The zero-order valence-electron chi connectivity index (χ0n) is 10.5. The summed E-state index contributed by atoms with van der Waals surface area (Å²) in [6.07, 6.45) is 1.27. The van der Waals surface area contributed by atoms with Crippen LogP contribution < -0.4 is 14.8 Å². The topological polar surface area (TPSA) is 39.7 Å². The predicted molar refractivity (Wildman–Crippen MR) is 67.0 cm³/mol. The predicted octanol–water partition coefficient (Wildman–Crippen LogP) is 2.29. The molecule has 1 heterocycles. The van der Waals surface area contributed by atoms with E-state index in [0.29, 0.717) is 6.04 Å². The van der Waals surface area contributed by atoms with E-state index in [2.05, 4.69) is 12.2 Å². The number of hydrogen-bond donors (Lipinski definition) is 1. The molecule has 0 bridgehead atoms. The minimum Gasteiger partial charge on any atom is -0.497 e. The number of nitrogens with one attached hydrogen (secondary N) is 1. The average Bonchev–Trinajstić information content (AvgIpc) is 2.74. The Labute approximate surface area is 102 Å². The molecule has 1 saturated heterocycles. The van der Waals surface area contributed by atoms with E-state index >= 15 is 0 Å². The van der Waals surface area contributed by atoms with Gasteiger partial charge in [0.25, 0.3) is 0 Å². The van der Waals surface area contributed by atoms with Gasteiger partial charge in [0, 0.05) is 30.5 Å². The number of methoxy groups -OCH3 is 2. The third kappa shape index (κ3) is 2.82. The third-order valence-corrected chi connectivity index (χ3v) is 3.08. The van der Waals surface area contributed by atoms with Gasteiger partial charge in [-0.05, 0) is 13.3 Å². The maximum Gasteiger partial charge on any atom is 0.124 e. The lowest BCUT2D eigenvalue weighted by atomic mass is 10.1. The van der Waals surface area contributed by atoms with E-state index in [1.807, 2.05) is 18.2 Å². The number of benzene rings is 1. The van der Waals surface area contributed by atoms with Crippen LogP contribution in [0, 0.1) is 0 Å². The molecule has 0 aromatic heterocycles. The molecule has 1 aliphatic heterocycles. The molecule has 4 heteroatoms. The molecule has 0 saturated carbocycles. The van der Waals surface area contributed by atoms with Crippen molar-refractivity contribution in [3.63, 3.8) is 0 Å². The van der Waals surface area contributed by atoms with Crippen molar-refractivity contribution >= 4 is 5.69 Å². The van der Waals surface area contributed by atoms with Gasteiger partial charge in [0.2, 0.25) is 0 Å². The first-order valence-electron chi connectivity index (χ1n) is 5.84. The Morgan fingerprint density at radius 3 is 2.29 bits per heavy atom. The molecule has 2 unspecified atom stereocenters. The number of anilines is 1. The van der Waals surface area contributed by atoms with Crippen molar-refractivity contribution in [2.75, 3.05) is 26.1 Å². The van der Waals surface area contributed by atoms with Gasteiger partial charge >= 0.3 is 0 Å². The Balaban J connectivity index is 2.14. The molecule has 0 aliphatic carbocycles. The van der Waals surface area contributed by atoms with Gasteiger partial charge in [0.1, 0.15) is 11.5 Å². The van der Waals surface area contributed by atoms with Crippen LogP contribution in [0.4, 0.5) is 5.69 Å². The van der Waals surface area contributed by atoms with Crippen LogP contribution in [0.2, 0.25) is 0 Å². The number of hydrogen-bond acceptors (Lipinski definition) is 4. The average molecular weight is 237 g/mol. The molecule has 94 valence electrons. The standard InChI is InChI=1S/C13H19NO3/c1-9-13(4-5-17-9)14-10-6-11(15-2)8-12(7-10)16-3/h6-9,13-14H,4-5H2,1-3H3. The van der Waals surface area contributed by atoms with Crippen LogP contribution in [0.1, 0.15) is 13.3 Å². The zero-order chi connectivity index (χ0) is 12.3. The van der Waals surface area contributed by atoms with Gasteiger partial charge < -0.3 is 19.5 Å². The van der Waals surface area contributed by atoms with Crippen LogP contribution in [0.5, 0.6) is 11.5 Å². The van der Waals surface area contributed by atoms with E-state index < -0.39 is 0 Å². The molecule has 0 radical (unpaired) electrons. The highest BCUT2D eigenvalue weighted by atomic mass is 16.5. The highest BCUT2D eigenvalue weighted by Crippen LogP contribution is 2.28. The third-order valence-electron chi connectivity index (χ3n) is 3.08. The van der Waals surface area contributed by atoms with E-state index in [-0.39, 0.29) is 6.10 Å².